The first-order chi connectivity index (χ1) is 10.9. The molecule has 0 aliphatic heterocycles. The van der Waals surface area contributed by atoms with Crippen LogP contribution in [0.15, 0.2) is 16.6 Å². The van der Waals surface area contributed by atoms with Gasteiger partial charge in [0.25, 0.3) is 0 Å². The first-order valence-electron chi connectivity index (χ1n) is 7.71. The van der Waals surface area contributed by atoms with Gasteiger partial charge >= 0.3 is 6.09 Å². The zero-order valence-corrected chi connectivity index (χ0v) is 16.3. The van der Waals surface area contributed by atoms with Crippen LogP contribution in [0.4, 0.5) is 9.18 Å². The zero-order valence-electron chi connectivity index (χ0n) is 14.8. The summed E-state index contributed by atoms with van der Waals surface area (Å²) in [6, 6.07) is 2.57. The van der Waals surface area contributed by atoms with E-state index < -0.39 is 17.7 Å². The molecule has 0 unspecified atom stereocenters. The molecule has 1 atom stereocenters. The van der Waals surface area contributed by atoms with Gasteiger partial charge in [0.15, 0.2) is 0 Å². The second-order valence-corrected chi connectivity index (χ2v) is 8.71. The number of rotatable bonds is 2. The minimum atomic E-state index is -0.589. The van der Waals surface area contributed by atoms with Gasteiger partial charge in [0.2, 0.25) is 0 Å². The number of imidazole rings is 1. The summed E-state index contributed by atoms with van der Waals surface area (Å²) in [6.45, 7) is 11.4. The summed E-state index contributed by atoms with van der Waals surface area (Å²) < 4.78 is 19.4. The first-order valence-corrected chi connectivity index (χ1v) is 8.50. The maximum absolute atomic E-state index is 13.7. The number of benzene rings is 1. The summed E-state index contributed by atoms with van der Waals surface area (Å²) in [5.41, 5.74) is 0.291. The molecule has 1 aromatic carbocycles. The average molecular weight is 400 g/mol. The Morgan fingerprint density at radius 3 is 2.46 bits per heavy atom. The van der Waals surface area contributed by atoms with Gasteiger partial charge in [0, 0.05) is 6.07 Å². The van der Waals surface area contributed by atoms with Gasteiger partial charge in [-0.05, 0) is 48.2 Å². The summed E-state index contributed by atoms with van der Waals surface area (Å²) in [7, 11) is 0. The Morgan fingerprint density at radius 2 is 1.92 bits per heavy atom. The second-order valence-electron chi connectivity index (χ2n) is 7.85. The van der Waals surface area contributed by atoms with Crippen LogP contribution in [0.25, 0.3) is 11.0 Å². The molecule has 0 bridgehead atoms. The van der Waals surface area contributed by atoms with Crippen LogP contribution in [-0.2, 0) is 4.74 Å². The van der Waals surface area contributed by atoms with E-state index in [9.17, 15) is 9.18 Å². The Bertz CT molecular complexity index is 721. The number of hydrogen-bond acceptors (Lipinski definition) is 3. The van der Waals surface area contributed by atoms with Crippen molar-refractivity contribution in [3.63, 3.8) is 0 Å². The molecule has 2 N–H and O–H groups in total. The number of carbonyl (C=O) groups excluding carboxylic acids is 1. The highest BCUT2D eigenvalue weighted by molar-refractivity contribution is 9.10. The number of nitrogens with zero attached hydrogens (tertiary/aromatic N) is 1. The second kappa shape index (κ2) is 6.35. The molecule has 1 aromatic heterocycles. The van der Waals surface area contributed by atoms with E-state index in [-0.39, 0.29) is 11.2 Å². The van der Waals surface area contributed by atoms with Crippen molar-refractivity contribution < 1.29 is 13.9 Å². The summed E-state index contributed by atoms with van der Waals surface area (Å²) in [5.74, 6) is 0.175. The van der Waals surface area contributed by atoms with Crippen molar-refractivity contribution in [3.05, 3.63) is 28.2 Å². The highest BCUT2D eigenvalue weighted by Gasteiger charge is 2.32. The van der Waals surface area contributed by atoms with Crippen molar-refractivity contribution in [2.24, 2.45) is 5.41 Å². The molecule has 0 saturated heterocycles. The SMILES string of the molecule is CC(C)(C)OC(=O)N[C@H](c1nc2cc(F)c(Br)cc2[nH]1)C(C)(C)C. The Morgan fingerprint density at radius 1 is 1.29 bits per heavy atom. The monoisotopic (exact) mass is 399 g/mol. The van der Waals surface area contributed by atoms with Crippen LogP contribution in [0.1, 0.15) is 53.4 Å². The lowest BCUT2D eigenvalue weighted by atomic mass is 9.86. The summed E-state index contributed by atoms with van der Waals surface area (Å²) >= 11 is 3.16. The van der Waals surface area contributed by atoms with Crippen molar-refractivity contribution in [3.8, 4) is 0 Å². The number of ether oxygens (including phenoxy) is 1. The number of aromatic nitrogens is 2. The molecule has 0 spiro atoms. The molecule has 132 valence electrons. The molecule has 0 aliphatic rings. The van der Waals surface area contributed by atoms with E-state index in [4.69, 9.17) is 4.74 Å². The number of hydrogen-bond donors (Lipinski definition) is 2. The van der Waals surface area contributed by atoms with E-state index in [2.05, 4.69) is 31.2 Å². The molecule has 0 aliphatic carbocycles. The predicted molar refractivity (Wildman–Crippen MR) is 95.3 cm³/mol. The average Bonchev–Trinajstić information content (AvgIpc) is 2.75. The third kappa shape index (κ3) is 4.47. The molecule has 0 radical (unpaired) electrons. The summed E-state index contributed by atoms with van der Waals surface area (Å²) in [4.78, 5) is 19.8. The first kappa shape index (κ1) is 18.7. The van der Waals surface area contributed by atoms with Crippen molar-refractivity contribution >= 4 is 33.1 Å². The number of H-pyrrole nitrogens is 1. The highest BCUT2D eigenvalue weighted by atomic mass is 79.9. The van der Waals surface area contributed by atoms with Gasteiger partial charge in [-0.1, -0.05) is 20.8 Å². The maximum atomic E-state index is 13.7. The van der Waals surface area contributed by atoms with Crippen LogP contribution in [0.5, 0.6) is 0 Å². The van der Waals surface area contributed by atoms with Gasteiger partial charge in [-0.2, -0.15) is 0 Å². The Labute approximate surface area is 149 Å². The summed E-state index contributed by atoms with van der Waals surface area (Å²) in [5, 5.41) is 2.86. The van der Waals surface area contributed by atoms with E-state index in [1.54, 1.807) is 26.8 Å². The number of amides is 1. The third-order valence-corrected chi connectivity index (χ3v) is 3.95. The normalized spacial score (nSPS) is 13.8. The molecule has 5 nitrogen and oxygen atoms in total. The molecular weight excluding hydrogens is 377 g/mol. The van der Waals surface area contributed by atoms with Gasteiger partial charge in [0.1, 0.15) is 17.2 Å². The number of carbonyl (C=O) groups is 1. The van der Waals surface area contributed by atoms with Crippen LogP contribution in [0, 0.1) is 11.2 Å². The van der Waals surface area contributed by atoms with Gasteiger partial charge in [0.05, 0.1) is 21.5 Å². The Hall–Kier alpha value is -1.63. The topological polar surface area (TPSA) is 67.0 Å². The van der Waals surface area contributed by atoms with Crippen molar-refractivity contribution in [2.45, 2.75) is 53.2 Å². The standard InChI is InChI=1S/C17H23BrFN3O2/c1-16(2,3)13(22-15(23)24-17(4,5)6)14-20-11-7-9(18)10(19)8-12(11)21-14/h7-8,13H,1-6H3,(H,20,21)(H,22,23)/t13-/m1/s1. The molecule has 1 amide bonds. The van der Waals surface area contributed by atoms with Crippen molar-refractivity contribution in [2.75, 3.05) is 0 Å². The lowest BCUT2D eigenvalue weighted by Gasteiger charge is -2.31. The minimum absolute atomic E-state index is 0.319. The van der Waals surface area contributed by atoms with Crippen LogP contribution in [0.3, 0.4) is 0 Å². The smallest absolute Gasteiger partial charge is 0.408 e. The fourth-order valence-electron chi connectivity index (χ4n) is 2.28. The molecule has 0 saturated carbocycles. The number of halogens is 2. The minimum Gasteiger partial charge on any atom is -0.444 e. The quantitative estimate of drug-likeness (QED) is 0.739. The number of nitrogens with one attached hydrogen (secondary N) is 2. The van der Waals surface area contributed by atoms with E-state index >= 15 is 0 Å². The van der Waals surface area contributed by atoms with Crippen molar-refractivity contribution in [1.29, 1.82) is 0 Å². The van der Waals surface area contributed by atoms with Crippen LogP contribution >= 0.6 is 15.9 Å². The molecule has 2 aromatic rings. The lowest BCUT2D eigenvalue weighted by molar-refractivity contribution is 0.0458. The largest absolute Gasteiger partial charge is 0.444 e. The number of aromatic amines is 1. The van der Waals surface area contributed by atoms with E-state index in [0.29, 0.717) is 21.3 Å². The molecule has 24 heavy (non-hydrogen) atoms. The zero-order chi connectivity index (χ0) is 18.3. The molecule has 7 heteroatoms. The van der Waals surface area contributed by atoms with Gasteiger partial charge in [-0.25, -0.2) is 14.2 Å². The van der Waals surface area contributed by atoms with Crippen LogP contribution in [-0.4, -0.2) is 21.7 Å². The molecule has 0 fully saturated rings. The Kier molecular flexibility index (Phi) is 4.95. The van der Waals surface area contributed by atoms with Gasteiger partial charge in [-0.3, -0.25) is 0 Å². The Balaban J connectivity index is 2.37. The molecular formula is C17H23BrFN3O2. The van der Waals surface area contributed by atoms with E-state index in [0.717, 1.165) is 0 Å². The van der Waals surface area contributed by atoms with Gasteiger partial charge in [-0.15, -0.1) is 0 Å². The fourth-order valence-corrected chi connectivity index (χ4v) is 2.63. The lowest BCUT2D eigenvalue weighted by Crippen LogP contribution is -2.40. The number of fused-ring (bicyclic) bond motifs is 1. The third-order valence-electron chi connectivity index (χ3n) is 3.34. The number of alkyl carbamates (subject to hydrolysis) is 1. The summed E-state index contributed by atoms with van der Waals surface area (Å²) in [6.07, 6.45) is -0.518. The molecule has 1 heterocycles. The predicted octanol–water partition coefficient (Wildman–Crippen LogP) is 5.08. The van der Waals surface area contributed by atoms with E-state index in [1.807, 2.05) is 20.8 Å². The van der Waals surface area contributed by atoms with Crippen LogP contribution < -0.4 is 5.32 Å². The van der Waals surface area contributed by atoms with Crippen molar-refractivity contribution in [1.82, 2.24) is 15.3 Å². The fraction of sp³-hybridized carbons (Fsp3) is 0.529. The maximum Gasteiger partial charge on any atom is 0.408 e. The van der Waals surface area contributed by atoms with Gasteiger partial charge < -0.3 is 15.0 Å². The van der Waals surface area contributed by atoms with Crippen LogP contribution in [0.2, 0.25) is 0 Å². The van der Waals surface area contributed by atoms with E-state index in [1.165, 1.54) is 6.07 Å². The molecule has 2 rings (SSSR count). The highest BCUT2D eigenvalue weighted by Crippen LogP contribution is 2.33.